The van der Waals surface area contributed by atoms with Crippen LogP contribution in [0.4, 0.5) is 24.5 Å². The van der Waals surface area contributed by atoms with Crippen LogP contribution in [-0.2, 0) is 17.5 Å². The molecular formula is C25H29F3N4O3. The van der Waals surface area contributed by atoms with Gasteiger partial charge in [0.15, 0.2) is 0 Å². The third-order valence-electron chi connectivity index (χ3n) is 6.83. The lowest BCUT2D eigenvalue weighted by Crippen LogP contribution is -2.44. The number of piperidine rings is 1. The molecule has 2 fully saturated rings. The molecule has 0 bridgehead atoms. The van der Waals surface area contributed by atoms with Gasteiger partial charge >= 0.3 is 6.18 Å². The normalized spacial score (nSPS) is 18.4. The van der Waals surface area contributed by atoms with Crippen LogP contribution in [0.15, 0.2) is 48.5 Å². The average molecular weight is 491 g/mol. The number of carbonyl (C=O) groups excluding carboxylic acids is 1. The van der Waals surface area contributed by atoms with E-state index in [2.05, 4.69) is 17.0 Å². The zero-order valence-electron chi connectivity index (χ0n) is 19.4. The number of carbonyl (C=O) groups is 1. The van der Waals surface area contributed by atoms with E-state index in [-0.39, 0.29) is 17.5 Å². The Morgan fingerprint density at radius 3 is 2.34 bits per heavy atom. The van der Waals surface area contributed by atoms with Crippen molar-refractivity contribution in [2.45, 2.75) is 32.0 Å². The molecular weight excluding hydrogens is 461 g/mol. The third kappa shape index (κ3) is 6.11. The van der Waals surface area contributed by atoms with Crippen molar-refractivity contribution in [2.75, 3.05) is 44.2 Å². The van der Waals surface area contributed by atoms with Crippen LogP contribution in [-0.4, -0.2) is 59.9 Å². The summed E-state index contributed by atoms with van der Waals surface area (Å²) in [4.78, 5) is 29.9. The van der Waals surface area contributed by atoms with Gasteiger partial charge in [0.25, 0.3) is 5.69 Å². The molecule has 10 heteroatoms. The summed E-state index contributed by atoms with van der Waals surface area (Å²) in [5.74, 6) is -0.0754. The van der Waals surface area contributed by atoms with E-state index in [1.54, 1.807) is 4.90 Å². The Bertz CT molecular complexity index is 1040. The predicted molar refractivity (Wildman–Crippen MR) is 126 cm³/mol. The molecule has 0 aromatic heterocycles. The smallest absolute Gasteiger partial charge is 0.366 e. The Labute approximate surface area is 202 Å². The average Bonchev–Trinajstić information content (AvgIpc) is 3.09. The highest BCUT2D eigenvalue weighted by atomic mass is 19.4. The highest BCUT2D eigenvalue weighted by Gasteiger charge is 2.35. The Morgan fingerprint density at radius 1 is 0.971 bits per heavy atom. The Balaban J connectivity index is 1.34. The summed E-state index contributed by atoms with van der Waals surface area (Å²) in [6, 6.07) is 12.9. The quantitative estimate of drug-likeness (QED) is 0.454. The van der Waals surface area contributed by atoms with Crippen LogP contribution in [0.3, 0.4) is 0 Å². The molecule has 2 aliphatic rings. The summed E-state index contributed by atoms with van der Waals surface area (Å²) in [6.07, 6.45) is -2.72. The lowest BCUT2D eigenvalue weighted by Gasteiger charge is -2.35. The van der Waals surface area contributed by atoms with E-state index in [9.17, 15) is 28.1 Å². The molecule has 0 radical (unpaired) electrons. The van der Waals surface area contributed by atoms with Crippen molar-refractivity contribution in [1.82, 2.24) is 9.80 Å². The maximum Gasteiger partial charge on any atom is 0.416 e. The van der Waals surface area contributed by atoms with Gasteiger partial charge in [0.2, 0.25) is 5.91 Å². The van der Waals surface area contributed by atoms with E-state index in [1.807, 2.05) is 23.1 Å². The van der Waals surface area contributed by atoms with Gasteiger partial charge in [-0.25, -0.2) is 0 Å². The molecule has 35 heavy (non-hydrogen) atoms. The fraction of sp³-hybridized carbons (Fsp3) is 0.480. The first-order valence-corrected chi connectivity index (χ1v) is 11.9. The van der Waals surface area contributed by atoms with Crippen molar-refractivity contribution >= 4 is 17.3 Å². The maximum absolute atomic E-state index is 13.2. The van der Waals surface area contributed by atoms with Crippen LogP contribution < -0.4 is 4.90 Å². The number of nitro benzene ring substituents is 1. The zero-order valence-corrected chi connectivity index (χ0v) is 19.4. The molecule has 1 amide bonds. The highest BCUT2D eigenvalue weighted by Crippen LogP contribution is 2.37. The lowest BCUT2D eigenvalue weighted by molar-refractivity contribution is -0.384. The Morgan fingerprint density at radius 2 is 1.69 bits per heavy atom. The molecule has 0 spiro atoms. The van der Waals surface area contributed by atoms with Crippen LogP contribution in [0.5, 0.6) is 0 Å². The summed E-state index contributed by atoms with van der Waals surface area (Å²) >= 11 is 0. The van der Waals surface area contributed by atoms with Gasteiger partial charge in [-0.3, -0.25) is 19.8 Å². The molecule has 0 atom stereocenters. The van der Waals surface area contributed by atoms with E-state index >= 15 is 0 Å². The number of halogens is 3. The number of hydrogen-bond acceptors (Lipinski definition) is 5. The fourth-order valence-corrected chi connectivity index (χ4v) is 4.93. The van der Waals surface area contributed by atoms with Crippen molar-refractivity contribution < 1.29 is 22.9 Å². The summed E-state index contributed by atoms with van der Waals surface area (Å²) < 4.78 is 39.0. The molecule has 7 nitrogen and oxygen atoms in total. The molecule has 0 unspecified atom stereocenters. The number of nitro groups is 1. The second kappa shape index (κ2) is 10.6. The number of nitrogens with zero attached hydrogens (tertiary/aromatic N) is 4. The van der Waals surface area contributed by atoms with Crippen LogP contribution in [0.2, 0.25) is 0 Å². The predicted octanol–water partition coefficient (Wildman–Crippen LogP) is 4.56. The van der Waals surface area contributed by atoms with Gasteiger partial charge < -0.3 is 9.80 Å². The topological polar surface area (TPSA) is 69.9 Å². The van der Waals surface area contributed by atoms with E-state index < -0.39 is 22.4 Å². The molecule has 2 saturated heterocycles. The van der Waals surface area contributed by atoms with E-state index in [0.29, 0.717) is 45.1 Å². The van der Waals surface area contributed by atoms with Gasteiger partial charge in [0, 0.05) is 57.8 Å². The number of alkyl halides is 3. The van der Waals surface area contributed by atoms with Crippen molar-refractivity contribution in [1.29, 1.82) is 0 Å². The molecule has 0 N–H and O–H groups in total. The molecule has 188 valence electrons. The van der Waals surface area contributed by atoms with Crippen LogP contribution in [0, 0.1) is 16.0 Å². The summed E-state index contributed by atoms with van der Waals surface area (Å²) in [5, 5.41) is 11.4. The number of benzene rings is 2. The van der Waals surface area contributed by atoms with Gasteiger partial charge in [-0.05, 0) is 37.0 Å². The molecule has 0 aliphatic carbocycles. The Kier molecular flexibility index (Phi) is 7.59. The van der Waals surface area contributed by atoms with Crippen molar-refractivity contribution in [3.63, 3.8) is 0 Å². The largest absolute Gasteiger partial charge is 0.416 e. The van der Waals surface area contributed by atoms with E-state index in [4.69, 9.17) is 0 Å². The van der Waals surface area contributed by atoms with Crippen LogP contribution in [0.25, 0.3) is 0 Å². The number of rotatable bonds is 5. The van der Waals surface area contributed by atoms with E-state index in [1.165, 1.54) is 11.6 Å². The Hall–Kier alpha value is -3.14. The van der Waals surface area contributed by atoms with Crippen molar-refractivity contribution in [2.24, 2.45) is 5.92 Å². The SMILES string of the molecule is O=C(C1CCN(c2ccc(C(F)(F)F)cc2[N+](=O)[O-])CC1)N1CCCN(Cc2ccccc2)CC1. The minimum Gasteiger partial charge on any atom is -0.366 e. The fourth-order valence-electron chi connectivity index (χ4n) is 4.93. The second-order valence-electron chi connectivity index (χ2n) is 9.16. The molecule has 2 aromatic carbocycles. The summed E-state index contributed by atoms with van der Waals surface area (Å²) in [7, 11) is 0. The van der Waals surface area contributed by atoms with E-state index in [0.717, 1.165) is 32.1 Å². The molecule has 2 aromatic rings. The first kappa shape index (κ1) is 25.0. The summed E-state index contributed by atoms with van der Waals surface area (Å²) in [5.41, 5.74) is -0.187. The monoisotopic (exact) mass is 490 g/mol. The molecule has 2 aliphatic heterocycles. The van der Waals surface area contributed by atoms with Crippen LogP contribution >= 0.6 is 0 Å². The molecule has 0 saturated carbocycles. The maximum atomic E-state index is 13.2. The van der Waals surface area contributed by atoms with Gasteiger partial charge in [0.1, 0.15) is 5.69 Å². The first-order valence-electron chi connectivity index (χ1n) is 11.9. The van der Waals surface area contributed by atoms with Gasteiger partial charge in [-0.1, -0.05) is 30.3 Å². The van der Waals surface area contributed by atoms with Gasteiger partial charge in [-0.2, -0.15) is 13.2 Å². The lowest BCUT2D eigenvalue weighted by atomic mass is 9.94. The van der Waals surface area contributed by atoms with Gasteiger partial charge in [0.05, 0.1) is 10.5 Å². The van der Waals surface area contributed by atoms with Crippen molar-refractivity contribution in [3.8, 4) is 0 Å². The first-order chi connectivity index (χ1) is 16.7. The number of hydrogen-bond donors (Lipinski definition) is 0. The van der Waals surface area contributed by atoms with Gasteiger partial charge in [-0.15, -0.1) is 0 Å². The molecule has 2 heterocycles. The number of amides is 1. The minimum absolute atomic E-state index is 0.105. The number of anilines is 1. The zero-order chi connectivity index (χ0) is 25.0. The highest BCUT2D eigenvalue weighted by molar-refractivity contribution is 5.79. The standard InChI is InChI=1S/C25H29F3N4O3/c26-25(27,28)21-7-8-22(23(17-21)32(34)35)30-13-9-20(10-14-30)24(33)31-12-4-11-29(15-16-31)18-19-5-2-1-3-6-19/h1-3,5-8,17,20H,4,9-16,18H2. The second-order valence-corrected chi connectivity index (χ2v) is 9.16. The van der Waals surface area contributed by atoms with Crippen molar-refractivity contribution in [3.05, 3.63) is 69.8 Å². The minimum atomic E-state index is -4.65. The summed E-state index contributed by atoms with van der Waals surface area (Å²) in [6.45, 7) is 4.72. The van der Waals surface area contributed by atoms with Crippen LogP contribution in [0.1, 0.15) is 30.4 Å². The third-order valence-corrected chi connectivity index (χ3v) is 6.83. The molecule has 4 rings (SSSR count).